The van der Waals surface area contributed by atoms with E-state index in [0.29, 0.717) is 12.5 Å². The molecule has 2 atom stereocenters. The van der Waals surface area contributed by atoms with Crippen molar-refractivity contribution in [2.75, 3.05) is 26.4 Å². The minimum Gasteiger partial charge on any atom is -0.381 e. The molecule has 0 spiro atoms. The first-order chi connectivity index (χ1) is 6.74. The van der Waals surface area contributed by atoms with Gasteiger partial charge in [-0.15, -0.1) is 0 Å². The van der Waals surface area contributed by atoms with Gasteiger partial charge in [-0.2, -0.15) is 0 Å². The third-order valence-corrected chi connectivity index (χ3v) is 2.50. The van der Waals surface area contributed by atoms with Crippen LogP contribution in [0.25, 0.3) is 0 Å². The first-order valence-corrected chi connectivity index (χ1v) is 5.19. The lowest BCUT2D eigenvalue weighted by Gasteiger charge is -2.18. The number of hydrogen-bond donors (Lipinski definition) is 1. The zero-order valence-corrected chi connectivity index (χ0v) is 8.91. The molecule has 0 radical (unpaired) electrons. The number of ether oxygens (including phenoxy) is 2. The first kappa shape index (κ1) is 11.5. The lowest BCUT2D eigenvalue weighted by atomic mass is 10.0. The Kier molecular flexibility index (Phi) is 4.90. The van der Waals surface area contributed by atoms with Crippen molar-refractivity contribution in [2.45, 2.75) is 26.3 Å². The predicted octanol–water partition coefficient (Wildman–Crippen LogP) is 0.564. The third-order valence-electron chi connectivity index (χ3n) is 2.50. The fourth-order valence-electron chi connectivity index (χ4n) is 1.56. The molecule has 1 aliphatic rings. The number of hydrogen-bond acceptors (Lipinski definition) is 3. The van der Waals surface area contributed by atoms with Crippen molar-refractivity contribution in [3.8, 4) is 0 Å². The van der Waals surface area contributed by atoms with E-state index in [9.17, 15) is 4.79 Å². The quantitative estimate of drug-likeness (QED) is 0.707. The van der Waals surface area contributed by atoms with Gasteiger partial charge in [-0.05, 0) is 20.3 Å². The molecule has 0 saturated carbocycles. The second-order valence-electron chi connectivity index (χ2n) is 3.62. The Morgan fingerprint density at radius 1 is 1.71 bits per heavy atom. The molecule has 1 amide bonds. The molecule has 1 aliphatic heterocycles. The molecular weight excluding hydrogens is 182 g/mol. The van der Waals surface area contributed by atoms with Crippen LogP contribution >= 0.6 is 0 Å². The summed E-state index contributed by atoms with van der Waals surface area (Å²) >= 11 is 0. The largest absolute Gasteiger partial charge is 0.381 e. The van der Waals surface area contributed by atoms with Gasteiger partial charge in [-0.3, -0.25) is 4.79 Å². The molecule has 1 fully saturated rings. The lowest BCUT2D eigenvalue weighted by Crippen LogP contribution is -2.40. The normalized spacial score (nSPS) is 23.4. The van der Waals surface area contributed by atoms with Crippen molar-refractivity contribution in [3.63, 3.8) is 0 Å². The Morgan fingerprint density at radius 2 is 2.50 bits per heavy atom. The summed E-state index contributed by atoms with van der Waals surface area (Å²) in [6.45, 7) is 6.21. The SMILES string of the molecule is CCOCC(=O)NC(C)C1CCOC1. The molecule has 14 heavy (non-hydrogen) atoms. The number of carbonyl (C=O) groups is 1. The molecular formula is C10H19NO3. The van der Waals surface area contributed by atoms with Crippen LogP contribution in [0, 0.1) is 5.92 Å². The zero-order chi connectivity index (χ0) is 10.4. The van der Waals surface area contributed by atoms with Crippen LogP contribution in [0.1, 0.15) is 20.3 Å². The minimum atomic E-state index is -0.0359. The molecule has 82 valence electrons. The summed E-state index contributed by atoms with van der Waals surface area (Å²) in [5.74, 6) is 0.423. The summed E-state index contributed by atoms with van der Waals surface area (Å²) in [4.78, 5) is 11.3. The molecule has 1 rings (SSSR count). The third kappa shape index (κ3) is 3.64. The van der Waals surface area contributed by atoms with Crippen LogP contribution < -0.4 is 5.32 Å². The monoisotopic (exact) mass is 201 g/mol. The van der Waals surface area contributed by atoms with Crippen LogP contribution in [0.4, 0.5) is 0 Å². The number of amides is 1. The Morgan fingerprint density at radius 3 is 3.07 bits per heavy atom. The Bertz CT molecular complexity index is 178. The summed E-state index contributed by atoms with van der Waals surface area (Å²) in [5, 5.41) is 2.91. The van der Waals surface area contributed by atoms with Crippen molar-refractivity contribution in [1.29, 1.82) is 0 Å². The van der Waals surface area contributed by atoms with Gasteiger partial charge in [0.25, 0.3) is 0 Å². The fraction of sp³-hybridized carbons (Fsp3) is 0.900. The van der Waals surface area contributed by atoms with Crippen molar-refractivity contribution >= 4 is 5.91 Å². The van der Waals surface area contributed by atoms with Gasteiger partial charge in [-0.25, -0.2) is 0 Å². The average molecular weight is 201 g/mol. The average Bonchev–Trinajstić information content (AvgIpc) is 2.67. The van der Waals surface area contributed by atoms with Gasteiger partial charge >= 0.3 is 0 Å². The van der Waals surface area contributed by atoms with Gasteiger partial charge in [0.15, 0.2) is 0 Å². The van der Waals surface area contributed by atoms with E-state index in [4.69, 9.17) is 9.47 Å². The highest BCUT2D eigenvalue weighted by atomic mass is 16.5. The summed E-state index contributed by atoms with van der Waals surface area (Å²) in [5.41, 5.74) is 0. The Labute approximate surface area is 85.0 Å². The van der Waals surface area contributed by atoms with Crippen molar-refractivity contribution in [3.05, 3.63) is 0 Å². The van der Waals surface area contributed by atoms with Crippen LogP contribution in [0.3, 0.4) is 0 Å². The highest BCUT2D eigenvalue weighted by Crippen LogP contribution is 2.16. The van der Waals surface area contributed by atoms with E-state index >= 15 is 0 Å². The van der Waals surface area contributed by atoms with Gasteiger partial charge in [0.1, 0.15) is 6.61 Å². The number of nitrogens with one attached hydrogen (secondary N) is 1. The number of carbonyl (C=O) groups excluding carboxylic acids is 1. The van der Waals surface area contributed by atoms with E-state index in [2.05, 4.69) is 5.32 Å². The summed E-state index contributed by atoms with van der Waals surface area (Å²) in [6.07, 6.45) is 1.04. The van der Waals surface area contributed by atoms with Crippen molar-refractivity contribution in [2.24, 2.45) is 5.92 Å². The van der Waals surface area contributed by atoms with Crippen molar-refractivity contribution in [1.82, 2.24) is 5.32 Å². The summed E-state index contributed by atoms with van der Waals surface area (Å²) < 4.78 is 10.3. The molecule has 4 nitrogen and oxygen atoms in total. The maximum Gasteiger partial charge on any atom is 0.246 e. The fourth-order valence-corrected chi connectivity index (χ4v) is 1.56. The molecule has 1 heterocycles. The standard InChI is InChI=1S/C10H19NO3/c1-3-13-7-10(12)11-8(2)9-4-5-14-6-9/h8-9H,3-7H2,1-2H3,(H,11,12). The molecule has 0 aromatic carbocycles. The van der Waals surface area contributed by atoms with Crippen LogP contribution in [-0.4, -0.2) is 38.4 Å². The summed E-state index contributed by atoms with van der Waals surface area (Å²) in [7, 11) is 0. The van der Waals surface area contributed by atoms with Crippen LogP contribution in [0.2, 0.25) is 0 Å². The minimum absolute atomic E-state index is 0.0359. The maximum atomic E-state index is 11.3. The topological polar surface area (TPSA) is 47.6 Å². The highest BCUT2D eigenvalue weighted by Gasteiger charge is 2.23. The molecule has 1 N–H and O–H groups in total. The van der Waals surface area contributed by atoms with Crippen LogP contribution in [0.5, 0.6) is 0 Å². The van der Waals surface area contributed by atoms with E-state index in [1.807, 2.05) is 13.8 Å². The van der Waals surface area contributed by atoms with E-state index in [-0.39, 0.29) is 18.6 Å². The van der Waals surface area contributed by atoms with Gasteiger partial charge in [0.2, 0.25) is 5.91 Å². The van der Waals surface area contributed by atoms with E-state index in [0.717, 1.165) is 19.6 Å². The van der Waals surface area contributed by atoms with Crippen LogP contribution in [0.15, 0.2) is 0 Å². The predicted molar refractivity (Wildman–Crippen MR) is 53.0 cm³/mol. The molecule has 0 aromatic heterocycles. The van der Waals surface area contributed by atoms with Gasteiger partial charge in [0, 0.05) is 25.2 Å². The van der Waals surface area contributed by atoms with Crippen molar-refractivity contribution < 1.29 is 14.3 Å². The zero-order valence-electron chi connectivity index (χ0n) is 8.91. The Hall–Kier alpha value is -0.610. The van der Waals surface area contributed by atoms with Gasteiger partial charge < -0.3 is 14.8 Å². The second-order valence-corrected chi connectivity index (χ2v) is 3.62. The molecule has 0 aliphatic carbocycles. The Balaban J connectivity index is 2.18. The van der Waals surface area contributed by atoms with Crippen LogP contribution in [-0.2, 0) is 14.3 Å². The number of rotatable bonds is 5. The smallest absolute Gasteiger partial charge is 0.246 e. The second kappa shape index (κ2) is 5.98. The van der Waals surface area contributed by atoms with Gasteiger partial charge in [-0.1, -0.05) is 0 Å². The molecule has 0 aromatic rings. The van der Waals surface area contributed by atoms with E-state index in [1.165, 1.54) is 0 Å². The molecule has 0 bridgehead atoms. The van der Waals surface area contributed by atoms with E-state index in [1.54, 1.807) is 0 Å². The summed E-state index contributed by atoms with van der Waals surface area (Å²) in [6, 6.07) is 0.186. The van der Waals surface area contributed by atoms with E-state index < -0.39 is 0 Å². The lowest BCUT2D eigenvalue weighted by molar-refractivity contribution is -0.126. The molecule has 4 heteroatoms. The van der Waals surface area contributed by atoms with Gasteiger partial charge in [0.05, 0.1) is 6.61 Å². The maximum absolute atomic E-state index is 11.3. The molecule has 2 unspecified atom stereocenters. The highest BCUT2D eigenvalue weighted by molar-refractivity contribution is 5.77. The first-order valence-electron chi connectivity index (χ1n) is 5.19. The molecule has 1 saturated heterocycles.